The molecule has 108 valence electrons. The number of phenolic OH excluding ortho intramolecular Hbond substituents is 1. The summed E-state index contributed by atoms with van der Waals surface area (Å²) in [6.45, 7) is 1.02. The third kappa shape index (κ3) is 2.99. The summed E-state index contributed by atoms with van der Waals surface area (Å²) in [6.07, 6.45) is 3.28. The van der Waals surface area contributed by atoms with E-state index in [4.69, 9.17) is 0 Å². The predicted octanol–water partition coefficient (Wildman–Crippen LogP) is 4.24. The Morgan fingerprint density at radius 3 is 2.62 bits per heavy atom. The zero-order valence-corrected chi connectivity index (χ0v) is 13.2. The fraction of sp³-hybridized carbons (Fsp3) is 0.222. The minimum Gasteiger partial charge on any atom is -0.508 e. The molecule has 0 aromatic heterocycles. The number of fused-ring (bicyclic) bond motifs is 2. The summed E-state index contributed by atoms with van der Waals surface area (Å²) in [5, 5.41) is 9.82. The Morgan fingerprint density at radius 1 is 1.05 bits per heavy atom. The van der Waals surface area contributed by atoms with Crippen molar-refractivity contribution < 1.29 is 5.11 Å². The van der Waals surface area contributed by atoms with Gasteiger partial charge >= 0.3 is 0 Å². The van der Waals surface area contributed by atoms with E-state index in [1.807, 2.05) is 12.1 Å². The van der Waals surface area contributed by atoms with Gasteiger partial charge in [0.15, 0.2) is 0 Å². The average Bonchev–Trinajstić information content (AvgIpc) is 2.46. The van der Waals surface area contributed by atoms with Crippen molar-refractivity contribution in [2.75, 3.05) is 20.6 Å². The lowest BCUT2D eigenvalue weighted by atomic mass is 9.96. The molecule has 1 aliphatic rings. The lowest BCUT2D eigenvalue weighted by molar-refractivity contribution is 0.417. The lowest BCUT2D eigenvalue weighted by Gasteiger charge is -2.22. The number of benzene rings is 2. The molecule has 2 nitrogen and oxygen atoms in total. The van der Waals surface area contributed by atoms with Crippen molar-refractivity contribution in [1.82, 2.24) is 4.90 Å². The van der Waals surface area contributed by atoms with Crippen LogP contribution in [0.4, 0.5) is 0 Å². The van der Waals surface area contributed by atoms with Gasteiger partial charge in [-0.15, -0.1) is 0 Å². The molecule has 0 saturated heterocycles. The topological polar surface area (TPSA) is 23.5 Å². The number of hydrogen-bond acceptors (Lipinski definition) is 3. The number of aromatic hydroxyl groups is 1. The minimum absolute atomic E-state index is 0.326. The van der Waals surface area contributed by atoms with Gasteiger partial charge in [0.05, 0.1) is 0 Å². The van der Waals surface area contributed by atoms with Crippen molar-refractivity contribution in [2.24, 2.45) is 0 Å². The summed E-state index contributed by atoms with van der Waals surface area (Å²) in [4.78, 5) is 4.68. The monoisotopic (exact) mass is 297 g/mol. The first-order valence-electron chi connectivity index (χ1n) is 7.10. The quantitative estimate of drug-likeness (QED) is 0.782. The molecule has 1 aliphatic heterocycles. The number of rotatable bonds is 3. The van der Waals surface area contributed by atoms with Gasteiger partial charge in [0.1, 0.15) is 5.75 Å². The van der Waals surface area contributed by atoms with Crippen LogP contribution in [0.1, 0.15) is 17.5 Å². The molecule has 0 radical (unpaired) electrons. The molecule has 2 aromatic rings. The Morgan fingerprint density at radius 2 is 1.81 bits per heavy atom. The van der Waals surface area contributed by atoms with Gasteiger partial charge in [-0.3, -0.25) is 0 Å². The van der Waals surface area contributed by atoms with Gasteiger partial charge < -0.3 is 10.0 Å². The fourth-order valence-electron chi connectivity index (χ4n) is 2.55. The van der Waals surface area contributed by atoms with Crippen molar-refractivity contribution in [3.05, 3.63) is 59.7 Å². The van der Waals surface area contributed by atoms with Crippen molar-refractivity contribution >= 4 is 17.3 Å². The molecule has 0 atom stereocenters. The molecule has 3 rings (SSSR count). The molecule has 0 aliphatic carbocycles. The van der Waals surface area contributed by atoms with Crippen LogP contribution < -0.4 is 0 Å². The SMILES string of the molecule is CN(C)CC/C=C1/c2ccccc2Sc2ccc(O)cc21. The van der Waals surface area contributed by atoms with Crippen LogP contribution in [0.3, 0.4) is 0 Å². The standard InChI is InChI=1S/C18H19NOS/c1-19(2)11-5-7-14-15-6-3-4-8-17(15)21-18-10-9-13(20)12-16(14)18/h3-4,6-10,12,20H,5,11H2,1-2H3/b14-7-. The molecule has 0 unspecified atom stereocenters. The van der Waals surface area contributed by atoms with Crippen LogP contribution in [0.5, 0.6) is 5.75 Å². The highest BCUT2D eigenvalue weighted by molar-refractivity contribution is 7.99. The molecular weight excluding hydrogens is 278 g/mol. The molecule has 0 fully saturated rings. The maximum atomic E-state index is 9.82. The summed E-state index contributed by atoms with van der Waals surface area (Å²) >= 11 is 1.77. The second-order valence-corrected chi connectivity index (χ2v) is 6.57. The van der Waals surface area contributed by atoms with E-state index in [0.717, 1.165) is 18.5 Å². The molecule has 0 amide bonds. The molecule has 0 bridgehead atoms. The molecule has 1 N–H and O–H groups in total. The van der Waals surface area contributed by atoms with Crippen molar-refractivity contribution in [1.29, 1.82) is 0 Å². The van der Waals surface area contributed by atoms with Crippen molar-refractivity contribution in [2.45, 2.75) is 16.2 Å². The highest BCUT2D eigenvalue weighted by Crippen LogP contribution is 2.46. The van der Waals surface area contributed by atoms with E-state index < -0.39 is 0 Å². The van der Waals surface area contributed by atoms with Crippen molar-refractivity contribution in [3.8, 4) is 5.75 Å². The Hall–Kier alpha value is -1.71. The van der Waals surface area contributed by atoms with Gasteiger partial charge in [-0.2, -0.15) is 0 Å². The van der Waals surface area contributed by atoms with Crippen LogP contribution in [-0.2, 0) is 0 Å². The molecule has 0 saturated carbocycles. The van der Waals surface area contributed by atoms with Gasteiger partial charge in [0.2, 0.25) is 0 Å². The largest absolute Gasteiger partial charge is 0.508 e. The summed E-state index contributed by atoms with van der Waals surface area (Å²) < 4.78 is 0. The first-order valence-corrected chi connectivity index (χ1v) is 7.92. The lowest BCUT2D eigenvalue weighted by Crippen LogP contribution is -2.12. The molecular formula is C18H19NOS. The molecule has 0 spiro atoms. The summed E-state index contributed by atoms with van der Waals surface area (Å²) in [5.74, 6) is 0.326. The van der Waals surface area contributed by atoms with Gasteiger partial charge in [0.25, 0.3) is 0 Å². The highest BCUT2D eigenvalue weighted by atomic mass is 32.2. The van der Waals surface area contributed by atoms with E-state index in [9.17, 15) is 5.11 Å². The van der Waals surface area contributed by atoms with E-state index in [-0.39, 0.29) is 0 Å². The van der Waals surface area contributed by atoms with Crippen molar-refractivity contribution in [3.63, 3.8) is 0 Å². The van der Waals surface area contributed by atoms with E-state index in [0.29, 0.717) is 5.75 Å². The maximum Gasteiger partial charge on any atom is 0.116 e. The average molecular weight is 297 g/mol. The summed E-state index contributed by atoms with van der Waals surface area (Å²) in [7, 11) is 4.17. The van der Waals surface area contributed by atoms with E-state index in [2.05, 4.69) is 49.3 Å². The number of phenols is 1. The zero-order valence-electron chi connectivity index (χ0n) is 12.3. The Balaban J connectivity index is 2.06. The van der Waals surface area contributed by atoms with Gasteiger partial charge in [-0.1, -0.05) is 36.0 Å². The molecule has 3 heteroatoms. The molecule has 1 heterocycles. The van der Waals surface area contributed by atoms with E-state index in [1.54, 1.807) is 17.8 Å². The van der Waals surface area contributed by atoms with E-state index in [1.165, 1.54) is 20.9 Å². The first kappa shape index (κ1) is 14.2. The summed E-state index contributed by atoms with van der Waals surface area (Å²) in [6, 6.07) is 14.1. The third-order valence-electron chi connectivity index (χ3n) is 3.58. The van der Waals surface area contributed by atoms with Crippen LogP contribution in [0.15, 0.2) is 58.3 Å². The highest BCUT2D eigenvalue weighted by Gasteiger charge is 2.20. The Labute approximate surface area is 130 Å². The normalized spacial score (nSPS) is 15.1. The first-order chi connectivity index (χ1) is 10.1. The Kier molecular flexibility index (Phi) is 4.04. The van der Waals surface area contributed by atoms with Gasteiger partial charge in [-0.25, -0.2) is 0 Å². The van der Waals surface area contributed by atoms with E-state index >= 15 is 0 Å². The predicted molar refractivity (Wildman–Crippen MR) is 88.9 cm³/mol. The second kappa shape index (κ2) is 5.96. The zero-order chi connectivity index (χ0) is 14.8. The molecule has 21 heavy (non-hydrogen) atoms. The minimum atomic E-state index is 0.326. The number of nitrogens with zero attached hydrogens (tertiary/aromatic N) is 1. The Bertz CT molecular complexity index is 691. The second-order valence-electron chi connectivity index (χ2n) is 5.49. The van der Waals surface area contributed by atoms with Crippen LogP contribution in [0, 0.1) is 0 Å². The molecule has 2 aromatic carbocycles. The summed E-state index contributed by atoms with van der Waals surface area (Å²) in [5.41, 5.74) is 3.63. The van der Waals surface area contributed by atoms with Crippen LogP contribution in [0.25, 0.3) is 5.57 Å². The fourth-order valence-corrected chi connectivity index (χ4v) is 3.63. The number of hydrogen-bond donors (Lipinski definition) is 1. The van der Waals surface area contributed by atoms with Gasteiger partial charge in [-0.05, 0) is 61.5 Å². The van der Waals surface area contributed by atoms with Crippen LogP contribution >= 0.6 is 11.8 Å². The smallest absolute Gasteiger partial charge is 0.116 e. The van der Waals surface area contributed by atoms with Crippen LogP contribution in [-0.4, -0.2) is 30.6 Å². The third-order valence-corrected chi connectivity index (χ3v) is 4.73. The van der Waals surface area contributed by atoms with Gasteiger partial charge in [0, 0.05) is 16.3 Å². The maximum absolute atomic E-state index is 9.82. The van der Waals surface area contributed by atoms with Crippen LogP contribution in [0.2, 0.25) is 0 Å².